The number of nitrogens with zero attached hydrogens (tertiary/aromatic N) is 1. The van der Waals surface area contributed by atoms with Crippen molar-refractivity contribution in [2.45, 2.75) is 27.3 Å². The van der Waals surface area contributed by atoms with Crippen LogP contribution in [0.2, 0.25) is 6.82 Å². The molecule has 3 rings (SSSR count). The van der Waals surface area contributed by atoms with Crippen molar-refractivity contribution >= 4 is 18.3 Å². The van der Waals surface area contributed by atoms with Crippen LogP contribution in [0.5, 0.6) is 0 Å². The highest BCUT2D eigenvalue weighted by molar-refractivity contribution is 6.67. The molecule has 2 unspecified atom stereocenters. The van der Waals surface area contributed by atoms with Gasteiger partial charge in [-0.05, 0) is 35.0 Å². The van der Waals surface area contributed by atoms with Gasteiger partial charge in [-0.1, -0.05) is 20.7 Å². The molecule has 2 atom stereocenters. The zero-order valence-corrected chi connectivity index (χ0v) is 12.1. The van der Waals surface area contributed by atoms with Crippen molar-refractivity contribution in [2.24, 2.45) is 11.8 Å². The normalized spacial score (nSPS) is 25.2. The van der Waals surface area contributed by atoms with E-state index < -0.39 is 5.82 Å². The fourth-order valence-electron chi connectivity index (χ4n) is 3.07. The quantitative estimate of drug-likeness (QED) is 0.733. The molecule has 1 fully saturated rings. The third-order valence-electron chi connectivity index (χ3n) is 4.66. The van der Waals surface area contributed by atoms with Gasteiger partial charge in [-0.25, -0.2) is 4.39 Å². The highest BCUT2D eigenvalue weighted by Crippen LogP contribution is 2.25. The number of likely N-dealkylation sites (tertiary alicyclic amines) is 1. The molecule has 0 aromatic heterocycles. The molecule has 0 bridgehead atoms. The molecular formula is C15H19BFNO2. The van der Waals surface area contributed by atoms with Crippen LogP contribution >= 0.6 is 0 Å². The lowest BCUT2D eigenvalue weighted by atomic mass is 9.64. The van der Waals surface area contributed by atoms with Crippen molar-refractivity contribution in [2.75, 3.05) is 13.1 Å². The SMILES string of the molecule is CB1OCc2cc(C(=O)N3CC(C)C(C)C3)c(F)cc21. The average Bonchev–Trinajstić information content (AvgIpc) is 2.93. The number of halogens is 1. The maximum absolute atomic E-state index is 14.2. The van der Waals surface area contributed by atoms with Gasteiger partial charge < -0.3 is 9.55 Å². The molecule has 5 heteroatoms. The van der Waals surface area contributed by atoms with Crippen LogP contribution in [0.15, 0.2) is 12.1 Å². The Morgan fingerprint density at radius 2 is 2.00 bits per heavy atom. The third kappa shape index (κ3) is 2.14. The number of carbonyl (C=O) groups is 1. The van der Waals surface area contributed by atoms with Crippen molar-refractivity contribution in [3.63, 3.8) is 0 Å². The Morgan fingerprint density at radius 1 is 1.35 bits per heavy atom. The van der Waals surface area contributed by atoms with E-state index in [1.54, 1.807) is 11.0 Å². The van der Waals surface area contributed by atoms with E-state index in [9.17, 15) is 9.18 Å². The van der Waals surface area contributed by atoms with E-state index in [0.29, 0.717) is 31.5 Å². The fourth-order valence-corrected chi connectivity index (χ4v) is 3.07. The van der Waals surface area contributed by atoms with Gasteiger partial charge in [-0.2, -0.15) is 0 Å². The molecule has 1 amide bonds. The molecule has 2 aliphatic rings. The molecule has 0 N–H and O–H groups in total. The molecule has 20 heavy (non-hydrogen) atoms. The van der Waals surface area contributed by atoms with Crippen LogP contribution in [-0.4, -0.2) is 30.8 Å². The Kier molecular flexibility index (Phi) is 3.32. The average molecular weight is 275 g/mol. The molecule has 106 valence electrons. The first-order valence-electron chi connectivity index (χ1n) is 7.20. The van der Waals surface area contributed by atoms with Gasteiger partial charge in [0.05, 0.1) is 12.2 Å². The van der Waals surface area contributed by atoms with Crippen molar-refractivity contribution in [3.8, 4) is 0 Å². The molecule has 0 aliphatic carbocycles. The number of hydrogen-bond acceptors (Lipinski definition) is 2. The minimum Gasteiger partial charge on any atom is -0.427 e. The number of fused-ring (bicyclic) bond motifs is 1. The summed E-state index contributed by atoms with van der Waals surface area (Å²) < 4.78 is 19.7. The number of carbonyl (C=O) groups excluding carboxylic acids is 1. The first kappa shape index (κ1) is 13.6. The Bertz CT molecular complexity index is 553. The van der Waals surface area contributed by atoms with Gasteiger partial charge in [0.1, 0.15) is 5.82 Å². The molecule has 1 aromatic rings. The largest absolute Gasteiger partial charge is 0.427 e. The summed E-state index contributed by atoms with van der Waals surface area (Å²) in [5, 5.41) is 0. The van der Waals surface area contributed by atoms with Gasteiger partial charge in [0.2, 0.25) is 0 Å². The van der Waals surface area contributed by atoms with Gasteiger partial charge in [0.25, 0.3) is 5.91 Å². The van der Waals surface area contributed by atoms with Crippen LogP contribution in [0.3, 0.4) is 0 Å². The summed E-state index contributed by atoms with van der Waals surface area (Å²) in [5.74, 6) is 0.318. The van der Waals surface area contributed by atoms with Gasteiger partial charge in [-0.3, -0.25) is 4.79 Å². The number of hydrogen-bond donors (Lipinski definition) is 0. The standard InChI is InChI=1S/C15H19BFNO2/c1-9-6-18(7-10(9)2)15(19)12-4-11-8-20-16(3)13(11)5-14(12)17/h4-5,9-10H,6-8H2,1-3H3. The monoisotopic (exact) mass is 275 g/mol. The van der Waals surface area contributed by atoms with Crippen LogP contribution in [0.25, 0.3) is 0 Å². The third-order valence-corrected chi connectivity index (χ3v) is 4.66. The summed E-state index contributed by atoms with van der Waals surface area (Å²) in [7, 11) is 0. The lowest BCUT2D eigenvalue weighted by Gasteiger charge is -2.17. The van der Waals surface area contributed by atoms with Gasteiger partial charge in [0, 0.05) is 13.1 Å². The van der Waals surface area contributed by atoms with E-state index in [4.69, 9.17) is 4.65 Å². The van der Waals surface area contributed by atoms with E-state index in [1.165, 1.54) is 6.07 Å². The maximum atomic E-state index is 14.2. The lowest BCUT2D eigenvalue weighted by Crippen LogP contribution is -2.31. The van der Waals surface area contributed by atoms with E-state index >= 15 is 0 Å². The minimum atomic E-state index is -0.432. The molecule has 0 spiro atoms. The summed E-state index contributed by atoms with van der Waals surface area (Å²) in [6.07, 6.45) is 0. The highest BCUT2D eigenvalue weighted by atomic mass is 19.1. The number of benzene rings is 1. The van der Waals surface area contributed by atoms with Gasteiger partial charge in [0.15, 0.2) is 0 Å². The van der Waals surface area contributed by atoms with E-state index in [0.717, 1.165) is 11.0 Å². The van der Waals surface area contributed by atoms with Crippen LogP contribution in [0, 0.1) is 17.7 Å². The molecule has 3 nitrogen and oxygen atoms in total. The van der Waals surface area contributed by atoms with Crippen molar-refractivity contribution in [3.05, 3.63) is 29.1 Å². The van der Waals surface area contributed by atoms with Crippen molar-refractivity contribution in [1.29, 1.82) is 0 Å². The van der Waals surface area contributed by atoms with Crippen molar-refractivity contribution < 1.29 is 13.8 Å². The summed E-state index contributed by atoms with van der Waals surface area (Å²) >= 11 is 0. The van der Waals surface area contributed by atoms with Crippen LogP contribution in [0.1, 0.15) is 29.8 Å². The summed E-state index contributed by atoms with van der Waals surface area (Å²) in [4.78, 5) is 14.2. The molecule has 0 radical (unpaired) electrons. The molecule has 1 saturated heterocycles. The highest BCUT2D eigenvalue weighted by Gasteiger charge is 2.32. The van der Waals surface area contributed by atoms with Gasteiger partial charge >= 0.3 is 6.92 Å². The summed E-state index contributed by atoms with van der Waals surface area (Å²) in [5.41, 5.74) is 1.98. The topological polar surface area (TPSA) is 29.5 Å². The van der Waals surface area contributed by atoms with E-state index in [-0.39, 0.29) is 18.4 Å². The Morgan fingerprint density at radius 3 is 2.65 bits per heavy atom. The maximum Gasteiger partial charge on any atom is 0.324 e. The lowest BCUT2D eigenvalue weighted by molar-refractivity contribution is 0.0780. The molecule has 2 heterocycles. The molecule has 2 aliphatic heterocycles. The van der Waals surface area contributed by atoms with Crippen LogP contribution in [0.4, 0.5) is 4.39 Å². The fraction of sp³-hybridized carbons (Fsp3) is 0.533. The van der Waals surface area contributed by atoms with E-state index in [1.807, 2.05) is 6.82 Å². The second-order valence-electron chi connectivity index (χ2n) is 6.15. The molecule has 0 saturated carbocycles. The van der Waals surface area contributed by atoms with Crippen molar-refractivity contribution in [1.82, 2.24) is 4.90 Å². The first-order valence-corrected chi connectivity index (χ1v) is 7.20. The Hall–Kier alpha value is -1.36. The molecular weight excluding hydrogens is 256 g/mol. The smallest absolute Gasteiger partial charge is 0.324 e. The zero-order valence-electron chi connectivity index (χ0n) is 12.1. The number of amides is 1. The van der Waals surface area contributed by atoms with E-state index in [2.05, 4.69) is 13.8 Å². The Labute approximate surface area is 119 Å². The zero-order chi connectivity index (χ0) is 14.4. The van der Waals surface area contributed by atoms with Crippen LogP contribution < -0.4 is 5.46 Å². The second kappa shape index (κ2) is 4.88. The summed E-state index contributed by atoms with van der Waals surface area (Å²) in [6, 6.07) is 3.13. The summed E-state index contributed by atoms with van der Waals surface area (Å²) in [6.45, 7) is 7.96. The number of rotatable bonds is 1. The Balaban J connectivity index is 1.89. The minimum absolute atomic E-state index is 0.0875. The predicted octanol–water partition coefficient (Wildman–Crippen LogP) is 1.91. The predicted molar refractivity (Wildman–Crippen MR) is 76.7 cm³/mol. The first-order chi connectivity index (χ1) is 9.47. The second-order valence-corrected chi connectivity index (χ2v) is 6.15. The van der Waals surface area contributed by atoms with Crippen LogP contribution in [-0.2, 0) is 11.3 Å². The van der Waals surface area contributed by atoms with Gasteiger partial charge in [-0.15, -0.1) is 0 Å². The molecule has 1 aromatic carbocycles.